The van der Waals surface area contributed by atoms with Crippen LogP contribution in [-0.4, -0.2) is 31.9 Å². The number of benzene rings is 2. The highest BCUT2D eigenvalue weighted by molar-refractivity contribution is 9.10. The van der Waals surface area contributed by atoms with E-state index in [1.165, 1.54) is 0 Å². The van der Waals surface area contributed by atoms with Gasteiger partial charge in [0.25, 0.3) is 11.8 Å². The second kappa shape index (κ2) is 10.2. The van der Waals surface area contributed by atoms with E-state index in [0.717, 1.165) is 35.7 Å². The maximum absolute atomic E-state index is 13.9. The van der Waals surface area contributed by atoms with Gasteiger partial charge >= 0.3 is 0 Å². The summed E-state index contributed by atoms with van der Waals surface area (Å²) in [5.41, 5.74) is 2.19. The topological polar surface area (TPSA) is 85.8 Å². The molecule has 0 atom stereocenters. The van der Waals surface area contributed by atoms with Crippen molar-refractivity contribution in [3.05, 3.63) is 68.4 Å². The van der Waals surface area contributed by atoms with Gasteiger partial charge in [-0.05, 0) is 43.2 Å². The molecule has 7 nitrogen and oxygen atoms in total. The quantitative estimate of drug-likeness (QED) is 0.254. The van der Waals surface area contributed by atoms with Gasteiger partial charge in [-0.25, -0.2) is 4.68 Å². The highest BCUT2D eigenvalue weighted by atomic mass is 79.9. The number of carbonyl (C=O) groups is 1. The van der Waals surface area contributed by atoms with E-state index < -0.39 is 0 Å². The van der Waals surface area contributed by atoms with E-state index in [-0.39, 0.29) is 23.3 Å². The van der Waals surface area contributed by atoms with Crippen molar-refractivity contribution in [2.45, 2.75) is 57.9 Å². The van der Waals surface area contributed by atoms with Crippen molar-refractivity contribution in [2.75, 3.05) is 0 Å². The van der Waals surface area contributed by atoms with E-state index >= 15 is 0 Å². The van der Waals surface area contributed by atoms with Gasteiger partial charge in [0, 0.05) is 26.5 Å². The van der Waals surface area contributed by atoms with E-state index in [2.05, 4.69) is 31.4 Å². The molecule has 0 saturated heterocycles. The van der Waals surface area contributed by atoms with Crippen LogP contribution in [0.25, 0.3) is 28.5 Å². The lowest BCUT2D eigenvalue weighted by atomic mass is 9.97. The van der Waals surface area contributed by atoms with Crippen molar-refractivity contribution in [3.63, 3.8) is 0 Å². The average molecular weight is 603 g/mol. The summed E-state index contributed by atoms with van der Waals surface area (Å²) < 4.78 is 8.63. The molecule has 1 aliphatic carbocycles. The van der Waals surface area contributed by atoms with Crippen molar-refractivity contribution in [2.24, 2.45) is 0 Å². The van der Waals surface area contributed by atoms with Gasteiger partial charge in [0.2, 0.25) is 5.89 Å². The Bertz CT molecular complexity index is 1450. The molecule has 192 valence electrons. The molecule has 0 radical (unpaired) electrons. The van der Waals surface area contributed by atoms with Gasteiger partial charge in [0.1, 0.15) is 0 Å². The first-order chi connectivity index (χ1) is 17.6. The molecule has 5 rings (SSSR count). The maximum atomic E-state index is 13.9. The van der Waals surface area contributed by atoms with Gasteiger partial charge in [0.05, 0.1) is 22.0 Å². The third-order valence-electron chi connectivity index (χ3n) is 6.33. The monoisotopic (exact) mass is 601 g/mol. The zero-order valence-electron chi connectivity index (χ0n) is 20.7. The number of rotatable bonds is 5. The molecule has 2 aromatic carbocycles. The van der Waals surface area contributed by atoms with Crippen LogP contribution in [0.5, 0.6) is 0 Å². The molecule has 1 fully saturated rings. The summed E-state index contributed by atoms with van der Waals surface area (Å²) >= 11 is 16.3. The molecule has 0 unspecified atom stereocenters. The van der Waals surface area contributed by atoms with Crippen LogP contribution in [0.4, 0.5) is 0 Å². The number of aromatic nitrogens is 4. The highest BCUT2D eigenvalue weighted by Gasteiger charge is 2.33. The Balaban J connectivity index is 1.77. The largest absolute Gasteiger partial charge is 0.419 e. The van der Waals surface area contributed by atoms with Crippen LogP contribution < -0.4 is 5.32 Å². The molecule has 1 saturated carbocycles. The maximum Gasteiger partial charge on any atom is 0.269 e. The summed E-state index contributed by atoms with van der Waals surface area (Å²) in [6.07, 6.45) is 4.08. The summed E-state index contributed by atoms with van der Waals surface area (Å²) in [7, 11) is 0. The van der Waals surface area contributed by atoms with Crippen LogP contribution in [0.15, 0.2) is 51.4 Å². The SMILES string of the molecule is CC(C)(C)c1nnc(-c2nn(-c3ccc(Cl)cc3Cl)c(-c3ccc(Br)cc3)c2C(=O)NC2CCCC2)o1. The summed E-state index contributed by atoms with van der Waals surface area (Å²) in [6.45, 7) is 5.95. The van der Waals surface area contributed by atoms with E-state index in [4.69, 9.17) is 32.7 Å². The Kier molecular flexibility index (Phi) is 7.18. The third-order valence-corrected chi connectivity index (χ3v) is 7.39. The van der Waals surface area contributed by atoms with Crippen LogP contribution in [0.3, 0.4) is 0 Å². The number of carbonyl (C=O) groups excluding carboxylic acids is 1. The molecular weight excluding hydrogens is 577 g/mol. The molecule has 1 aliphatic rings. The third kappa shape index (κ3) is 5.33. The second-order valence-electron chi connectivity index (χ2n) is 10.2. The van der Waals surface area contributed by atoms with Gasteiger partial charge in [-0.2, -0.15) is 5.10 Å². The van der Waals surface area contributed by atoms with Gasteiger partial charge in [-0.1, -0.05) is 84.9 Å². The molecule has 10 heteroatoms. The minimum absolute atomic E-state index is 0.105. The Morgan fingerprint density at radius 3 is 2.41 bits per heavy atom. The number of halogens is 3. The minimum Gasteiger partial charge on any atom is -0.419 e. The standard InChI is InChI=1S/C27H26BrCl2N5O2/c1-27(2,3)26-33-32-25(37-26)22-21(24(36)31-18-6-4-5-7-18)23(15-8-10-16(28)11-9-15)35(34-22)20-13-12-17(29)14-19(20)30/h8-14,18H,4-7H2,1-3H3,(H,31,36). The fourth-order valence-electron chi connectivity index (χ4n) is 4.43. The number of hydrogen-bond acceptors (Lipinski definition) is 5. The number of nitrogens with one attached hydrogen (secondary N) is 1. The molecule has 0 aliphatic heterocycles. The van der Waals surface area contributed by atoms with Gasteiger partial charge in [-0.3, -0.25) is 4.79 Å². The fourth-order valence-corrected chi connectivity index (χ4v) is 5.19. The van der Waals surface area contributed by atoms with E-state index in [9.17, 15) is 4.79 Å². The molecule has 2 aromatic heterocycles. The van der Waals surface area contributed by atoms with Crippen molar-refractivity contribution < 1.29 is 9.21 Å². The van der Waals surface area contributed by atoms with E-state index in [0.29, 0.717) is 38.6 Å². The van der Waals surface area contributed by atoms with Crippen molar-refractivity contribution >= 4 is 45.0 Å². The summed E-state index contributed by atoms with van der Waals surface area (Å²) in [6, 6.07) is 12.9. The average Bonchev–Trinajstić information content (AvgIpc) is 3.59. The molecule has 4 aromatic rings. The summed E-state index contributed by atoms with van der Waals surface area (Å²) in [4.78, 5) is 13.9. The van der Waals surface area contributed by atoms with Crippen molar-refractivity contribution in [3.8, 4) is 28.5 Å². The predicted molar refractivity (Wildman–Crippen MR) is 148 cm³/mol. The first kappa shape index (κ1) is 25.9. The van der Waals surface area contributed by atoms with Crippen LogP contribution in [0, 0.1) is 0 Å². The van der Waals surface area contributed by atoms with Crippen molar-refractivity contribution in [1.29, 1.82) is 0 Å². The Hall–Kier alpha value is -2.68. The van der Waals surface area contributed by atoms with Gasteiger partial charge in [0.15, 0.2) is 5.69 Å². The Labute approximate surface area is 233 Å². The van der Waals surface area contributed by atoms with Gasteiger partial charge < -0.3 is 9.73 Å². The lowest BCUT2D eigenvalue weighted by molar-refractivity contribution is 0.0939. The molecular formula is C27H26BrCl2N5O2. The van der Waals surface area contributed by atoms with Crippen LogP contribution in [-0.2, 0) is 5.41 Å². The zero-order chi connectivity index (χ0) is 26.3. The van der Waals surface area contributed by atoms with Crippen LogP contribution in [0.1, 0.15) is 62.7 Å². The zero-order valence-corrected chi connectivity index (χ0v) is 23.8. The molecule has 2 heterocycles. The van der Waals surface area contributed by atoms with E-state index in [1.54, 1.807) is 22.9 Å². The number of hydrogen-bond donors (Lipinski definition) is 1. The van der Waals surface area contributed by atoms with Crippen LogP contribution >= 0.6 is 39.1 Å². The lowest BCUT2D eigenvalue weighted by Gasteiger charge is -2.14. The first-order valence-electron chi connectivity index (χ1n) is 12.1. The molecule has 0 spiro atoms. The fraction of sp³-hybridized carbons (Fsp3) is 0.333. The normalized spacial score (nSPS) is 14.3. The van der Waals surface area contributed by atoms with E-state index in [1.807, 2.05) is 45.0 Å². The molecule has 1 amide bonds. The summed E-state index contributed by atoms with van der Waals surface area (Å²) in [5.74, 6) is 0.379. The Morgan fingerprint density at radius 2 is 1.78 bits per heavy atom. The predicted octanol–water partition coefficient (Wildman–Crippen LogP) is 7.63. The Morgan fingerprint density at radius 1 is 1.08 bits per heavy atom. The smallest absolute Gasteiger partial charge is 0.269 e. The minimum atomic E-state index is -0.367. The number of nitrogens with zero attached hydrogens (tertiary/aromatic N) is 4. The lowest BCUT2D eigenvalue weighted by Crippen LogP contribution is -2.33. The van der Waals surface area contributed by atoms with Gasteiger partial charge in [-0.15, -0.1) is 10.2 Å². The molecule has 0 bridgehead atoms. The number of amides is 1. The first-order valence-corrected chi connectivity index (χ1v) is 13.7. The molecule has 37 heavy (non-hydrogen) atoms. The van der Waals surface area contributed by atoms with Crippen LogP contribution in [0.2, 0.25) is 10.0 Å². The van der Waals surface area contributed by atoms with Crippen molar-refractivity contribution in [1.82, 2.24) is 25.3 Å². The highest BCUT2D eigenvalue weighted by Crippen LogP contribution is 2.38. The summed E-state index contributed by atoms with van der Waals surface area (Å²) in [5, 5.41) is 17.5. The molecule has 1 N–H and O–H groups in total. The second-order valence-corrected chi connectivity index (χ2v) is 12.0.